The second kappa shape index (κ2) is 7.44. The fourth-order valence-electron chi connectivity index (χ4n) is 3.13. The van der Waals surface area contributed by atoms with Gasteiger partial charge in [0.15, 0.2) is 0 Å². The number of amides is 1. The second-order valence-corrected chi connectivity index (χ2v) is 6.94. The van der Waals surface area contributed by atoms with Crippen molar-refractivity contribution >= 4 is 5.91 Å². The lowest BCUT2D eigenvalue weighted by molar-refractivity contribution is -0.170. The molecule has 1 aliphatic carbocycles. The van der Waals surface area contributed by atoms with Gasteiger partial charge in [-0.3, -0.25) is 4.79 Å². The Morgan fingerprint density at radius 2 is 2.00 bits per heavy atom. The first kappa shape index (κ1) is 20.5. The largest absolute Gasteiger partial charge is 0.491 e. The first-order chi connectivity index (χ1) is 12.0. The van der Waals surface area contributed by atoms with E-state index in [0.29, 0.717) is 13.0 Å². The molecule has 0 bridgehead atoms. The highest BCUT2D eigenvalue weighted by atomic mass is 19.4. The average Bonchev–Trinajstić information content (AvgIpc) is 2.57. The van der Waals surface area contributed by atoms with E-state index < -0.39 is 22.7 Å². The van der Waals surface area contributed by atoms with Crippen LogP contribution in [0.25, 0.3) is 0 Å². The van der Waals surface area contributed by atoms with Crippen LogP contribution in [-0.4, -0.2) is 37.3 Å². The van der Waals surface area contributed by atoms with E-state index in [1.54, 1.807) is 0 Å². The molecule has 0 aliphatic heterocycles. The van der Waals surface area contributed by atoms with E-state index in [-0.39, 0.29) is 30.9 Å². The summed E-state index contributed by atoms with van der Waals surface area (Å²) in [6, 6.07) is 4.95. The maximum absolute atomic E-state index is 12.9. The Labute approximate surface area is 151 Å². The van der Waals surface area contributed by atoms with Crippen LogP contribution in [0.1, 0.15) is 32.8 Å². The summed E-state index contributed by atoms with van der Waals surface area (Å²) in [6.07, 6.45) is -4.19. The lowest BCUT2D eigenvalue weighted by Gasteiger charge is -2.57. The molecule has 2 rings (SSSR count). The Hall–Kier alpha value is -1.80. The number of hydrogen-bond acceptors (Lipinski definition) is 4. The van der Waals surface area contributed by atoms with Gasteiger partial charge in [-0.05, 0) is 19.1 Å². The molecule has 5 nitrogen and oxygen atoms in total. The molecule has 0 spiro atoms. The average molecular weight is 374 g/mol. The summed E-state index contributed by atoms with van der Waals surface area (Å²) in [4.78, 5) is 12.4. The van der Waals surface area contributed by atoms with Crippen molar-refractivity contribution in [3.63, 3.8) is 0 Å². The lowest BCUT2D eigenvalue weighted by atomic mass is 9.54. The Kier molecular flexibility index (Phi) is 5.87. The number of carbonyl (C=O) groups is 1. The van der Waals surface area contributed by atoms with Crippen LogP contribution in [0.4, 0.5) is 13.2 Å². The fraction of sp³-hybridized carbons (Fsp3) is 0.611. The topological polar surface area (TPSA) is 73.6 Å². The third-order valence-corrected chi connectivity index (χ3v) is 5.07. The van der Waals surface area contributed by atoms with Gasteiger partial charge in [0.05, 0.1) is 18.2 Å². The number of hydrogen-bond donors (Lipinski definition) is 2. The number of ether oxygens (including phenoxy) is 2. The second-order valence-electron chi connectivity index (χ2n) is 6.94. The zero-order valence-corrected chi connectivity index (χ0v) is 15.2. The van der Waals surface area contributed by atoms with Crippen molar-refractivity contribution in [2.75, 3.05) is 19.8 Å². The molecule has 3 N–H and O–H groups in total. The van der Waals surface area contributed by atoms with Gasteiger partial charge in [0.2, 0.25) is 5.91 Å². The molecule has 26 heavy (non-hydrogen) atoms. The van der Waals surface area contributed by atoms with Crippen LogP contribution in [0, 0.1) is 5.41 Å². The highest BCUT2D eigenvalue weighted by Gasteiger charge is 2.62. The number of rotatable bonds is 7. The van der Waals surface area contributed by atoms with Gasteiger partial charge in [0.1, 0.15) is 17.9 Å². The molecule has 2 atom stereocenters. The van der Waals surface area contributed by atoms with Crippen molar-refractivity contribution < 1.29 is 27.4 Å². The van der Waals surface area contributed by atoms with E-state index >= 15 is 0 Å². The summed E-state index contributed by atoms with van der Waals surface area (Å²) < 4.78 is 49.5. The molecule has 0 saturated heterocycles. The molecule has 0 radical (unpaired) electrons. The maximum atomic E-state index is 12.9. The smallest absolute Gasteiger partial charge is 0.419 e. The number of nitrogens with one attached hydrogen (secondary N) is 1. The third kappa shape index (κ3) is 3.81. The quantitative estimate of drug-likeness (QED) is 0.720. The van der Waals surface area contributed by atoms with Crippen molar-refractivity contribution in [2.45, 2.75) is 45.0 Å². The van der Waals surface area contributed by atoms with Crippen LogP contribution in [0.5, 0.6) is 5.75 Å². The molecule has 1 amide bonds. The molecule has 1 saturated carbocycles. The van der Waals surface area contributed by atoms with E-state index in [2.05, 4.69) is 5.32 Å². The molecule has 2 unspecified atom stereocenters. The molecular weight excluding hydrogens is 349 g/mol. The van der Waals surface area contributed by atoms with E-state index in [0.717, 1.165) is 6.07 Å². The Bertz CT molecular complexity index is 649. The molecule has 8 heteroatoms. The van der Waals surface area contributed by atoms with E-state index in [1.807, 2.05) is 20.8 Å². The molecule has 1 fully saturated rings. The predicted octanol–water partition coefficient (Wildman–Crippen LogP) is 2.73. The Balaban J connectivity index is 1.87. The van der Waals surface area contributed by atoms with Gasteiger partial charge < -0.3 is 20.5 Å². The summed E-state index contributed by atoms with van der Waals surface area (Å²) in [5.74, 6) is -0.622. The van der Waals surface area contributed by atoms with Crippen LogP contribution >= 0.6 is 0 Å². The van der Waals surface area contributed by atoms with Crippen molar-refractivity contribution in [2.24, 2.45) is 11.1 Å². The summed E-state index contributed by atoms with van der Waals surface area (Å²) in [5, 5.41) is 2.65. The molecule has 1 aromatic rings. The van der Waals surface area contributed by atoms with Gasteiger partial charge in [-0.1, -0.05) is 26.0 Å². The predicted molar refractivity (Wildman–Crippen MR) is 90.7 cm³/mol. The third-order valence-electron chi connectivity index (χ3n) is 5.07. The van der Waals surface area contributed by atoms with Crippen LogP contribution in [0.2, 0.25) is 0 Å². The highest BCUT2D eigenvalue weighted by molar-refractivity contribution is 5.88. The minimum absolute atomic E-state index is 0.0549. The monoisotopic (exact) mass is 374 g/mol. The molecular formula is C18H25F3N2O3. The highest BCUT2D eigenvalue weighted by Crippen LogP contribution is 2.49. The first-order valence-electron chi connectivity index (χ1n) is 8.52. The van der Waals surface area contributed by atoms with Gasteiger partial charge in [-0.2, -0.15) is 13.2 Å². The minimum atomic E-state index is -4.49. The van der Waals surface area contributed by atoms with Crippen molar-refractivity contribution in [3.05, 3.63) is 29.8 Å². The molecule has 0 heterocycles. The SMILES string of the molecule is CCOC1CC(N)(C(=O)NCCOc2ccccc2C(F)(F)F)C1(C)C. The van der Waals surface area contributed by atoms with Gasteiger partial charge in [0, 0.05) is 18.4 Å². The van der Waals surface area contributed by atoms with Gasteiger partial charge in [0.25, 0.3) is 0 Å². The lowest BCUT2D eigenvalue weighted by Crippen LogP contribution is -2.75. The fourth-order valence-corrected chi connectivity index (χ4v) is 3.13. The Morgan fingerprint density at radius 1 is 1.35 bits per heavy atom. The van der Waals surface area contributed by atoms with Crippen molar-refractivity contribution in [1.29, 1.82) is 0 Å². The van der Waals surface area contributed by atoms with Gasteiger partial charge in [-0.15, -0.1) is 0 Å². The van der Waals surface area contributed by atoms with Crippen LogP contribution in [0.3, 0.4) is 0 Å². The van der Waals surface area contributed by atoms with Gasteiger partial charge >= 0.3 is 6.18 Å². The zero-order valence-electron chi connectivity index (χ0n) is 15.2. The van der Waals surface area contributed by atoms with Crippen LogP contribution in [-0.2, 0) is 15.7 Å². The molecule has 1 aliphatic rings. The van der Waals surface area contributed by atoms with Crippen molar-refractivity contribution in [3.8, 4) is 5.75 Å². The first-order valence-corrected chi connectivity index (χ1v) is 8.52. The summed E-state index contributed by atoms with van der Waals surface area (Å²) >= 11 is 0. The summed E-state index contributed by atoms with van der Waals surface area (Å²) in [5.41, 5.74) is 3.79. The Morgan fingerprint density at radius 3 is 2.58 bits per heavy atom. The molecule has 1 aromatic carbocycles. The van der Waals surface area contributed by atoms with E-state index in [9.17, 15) is 18.0 Å². The van der Waals surface area contributed by atoms with E-state index in [4.69, 9.17) is 15.2 Å². The number of benzene rings is 1. The number of para-hydroxylation sites is 1. The minimum Gasteiger partial charge on any atom is -0.491 e. The summed E-state index contributed by atoms with van der Waals surface area (Å²) in [6.45, 7) is 6.11. The molecule has 146 valence electrons. The van der Waals surface area contributed by atoms with Crippen LogP contribution in [0.15, 0.2) is 24.3 Å². The number of halogens is 3. The van der Waals surface area contributed by atoms with E-state index in [1.165, 1.54) is 18.2 Å². The number of nitrogens with two attached hydrogens (primary N) is 1. The van der Waals surface area contributed by atoms with Crippen LogP contribution < -0.4 is 15.8 Å². The summed E-state index contributed by atoms with van der Waals surface area (Å²) in [7, 11) is 0. The van der Waals surface area contributed by atoms with Crippen molar-refractivity contribution in [1.82, 2.24) is 5.32 Å². The number of carbonyl (C=O) groups excluding carboxylic acids is 1. The van der Waals surface area contributed by atoms with Gasteiger partial charge in [-0.25, -0.2) is 0 Å². The zero-order chi connectivity index (χ0) is 19.6. The standard InChI is InChI=1S/C18H25F3N2O3/c1-4-25-14-11-17(22,16(14,2)3)15(24)23-9-10-26-13-8-6-5-7-12(13)18(19,20)21/h5-8,14H,4,9-11,22H2,1-3H3,(H,23,24). The maximum Gasteiger partial charge on any atom is 0.419 e. The normalized spacial score (nSPS) is 24.7. The molecule has 0 aromatic heterocycles. The number of alkyl halides is 3.